The fraction of sp³-hybridized carbons (Fsp3) is 0.643. The lowest BCUT2D eigenvalue weighted by Gasteiger charge is -2.33. The zero-order chi connectivity index (χ0) is 15.6. The maximum Gasteiger partial charge on any atom is 0.162 e. The molecule has 118 valence electrons. The Hall–Kier alpha value is -1.41. The Bertz CT molecular complexity index is 463. The van der Waals surface area contributed by atoms with Crippen molar-refractivity contribution in [3.8, 4) is 0 Å². The van der Waals surface area contributed by atoms with Gasteiger partial charge in [0.1, 0.15) is 17.8 Å². The molecule has 7 heteroatoms. The maximum atomic E-state index is 9.62. The summed E-state index contributed by atoms with van der Waals surface area (Å²) in [6, 6.07) is 0. The van der Waals surface area contributed by atoms with Crippen molar-refractivity contribution in [2.45, 2.75) is 25.4 Å². The van der Waals surface area contributed by atoms with Crippen LogP contribution in [0.5, 0.6) is 0 Å². The number of hydrogen-bond acceptors (Lipinski definition) is 7. The summed E-state index contributed by atoms with van der Waals surface area (Å²) in [5, 5.41) is 9.62. The van der Waals surface area contributed by atoms with Crippen molar-refractivity contribution in [2.24, 2.45) is 16.6 Å². The van der Waals surface area contributed by atoms with Crippen LogP contribution in [0.3, 0.4) is 0 Å². The van der Waals surface area contributed by atoms with E-state index in [2.05, 4.69) is 11.6 Å². The second kappa shape index (κ2) is 6.57. The molecule has 0 bridgehead atoms. The van der Waals surface area contributed by atoms with Gasteiger partial charge < -0.3 is 30.0 Å². The molecule has 2 aliphatic rings. The summed E-state index contributed by atoms with van der Waals surface area (Å²) in [5.41, 5.74) is 6.62. The van der Waals surface area contributed by atoms with Crippen LogP contribution in [0.2, 0.25) is 0 Å². The molecular formula is C14H23N3O4. The highest BCUT2D eigenvalue weighted by atomic mass is 16.6. The van der Waals surface area contributed by atoms with Gasteiger partial charge in [-0.1, -0.05) is 6.58 Å². The number of aliphatic hydroxyl groups excluding tert-OH is 1. The largest absolute Gasteiger partial charge is 0.396 e. The van der Waals surface area contributed by atoms with E-state index in [1.54, 1.807) is 19.1 Å². The monoisotopic (exact) mass is 297 g/mol. The van der Waals surface area contributed by atoms with Gasteiger partial charge in [-0.25, -0.2) is 4.99 Å². The second-order valence-electron chi connectivity index (χ2n) is 5.20. The molecular weight excluding hydrogens is 274 g/mol. The molecule has 0 radical (unpaired) electrons. The first-order valence-electron chi connectivity index (χ1n) is 6.81. The van der Waals surface area contributed by atoms with E-state index in [1.807, 2.05) is 13.1 Å². The first-order valence-corrected chi connectivity index (χ1v) is 6.81. The van der Waals surface area contributed by atoms with E-state index < -0.39 is 6.23 Å². The van der Waals surface area contributed by atoms with Crippen molar-refractivity contribution in [3.63, 3.8) is 0 Å². The van der Waals surface area contributed by atoms with Gasteiger partial charge in [-0.2, -0.15) is 0 Å². The molecule has 0 amide bonds. The fourth-order valence-electron chi connectivity index (χ4n) is 2.70. The zero-order valence-corrected chi connectivity index (χ0v) is 12.7. The predicted molar refractivity (Wildman–Crippen MR) is 78.3 cm³/mol. The van der Waals surface area contributed by atoms with Crippen LogP contribution in [0.4, 0.5) is 0 Å². The van der Waals surface area contributed by atoms with Gasteiger partial charge in [-0.05, 0) is 6.92 Å². The first-order chi connectivity index (χ1) is 10.0. The lowest BCUT2D eigenvalue weighted by molar-refractivity contribution is -0.0804. The van der Waals surface area contributed by atoms with Gasteiger partial charge >= 0.3 is 0 Å². The number of amidine groups is 1. The van der Waals surface area contributed by atoms with Gasteiger partial charge in [-0.3, -0.25) is 0 Å². The summed E-state index contributed by atoms with van der Waals surface area (Å²) in [6.07, 6.45) is 0.849. The number of rotatable bonds is 5. The number of methoxy groups -OCH3 is 2. The van der Waals surface area contributed by atoms with E-state index in [0.717, 1.165) is 5.57 Å². The molecule has 0 aliphatic carbocycles. The minimum atomic E-state index is -0.424. The van der Waals surface area contributed by atoms with Crippen molar-refractivity contribution < 1.29 is 19.3 Å². The maximum absolute atomic E-state index is 9.62. The van der Waals surface area contributed by atoms with E-state index in [-0.39, 0.29) is 24.7 Å². The molecule has 1 unspecified atom stereocenters. The minimum absolute atomic E-state index is 0.0442. The summed E-state index contributed by atoms with van der Waals surface area (Å²) in [4.78, 5) is 6.00. The first kappa shape index (κ1) is 16.0. The smallest absolute Gasteiger partial charge is 0.162 e. The highest BCUT2D eigenvalue weighted by Gasteiger charge is 2.47. The van der Waals surface area contributed by atoms with Gasteiger partial charge in [0.2, 0.25) is 0 Å². The molecule has 0 aromatic carbocycles. The van der Waals surface area contributed by atoms with E-state index in [0.29, 0.717) is 18.3 Å². The van der Waals surface area contributed by atoms with Crippen molar-refractivity contribution in [1.82, 2.24) is 4.90 Å². The molecule has 1 saturated heterocycles. The van der Waals surface area contributed by atoms with Gasteiger partial charge in [0, 0.05) is 31.9 Å². The quantitative estimate of drug-likeness (QED) is 0.744. The predicted octanol–water partition coefficient (Wildman–Crippen LogP) is 0.0290. The molecule has 2 aliphatic heterocycles. The lowest BCUT2D eigenvalue weighted by Crippen LogP contribution is -2.42. The van der Waals surface area contributed by atoms with Gasteiger partial charge in [-0.15, -0.1) is 0 Å². The number of aliphatic hydroxyl groups is 1. The summed E-state index contributed by atoms with van der Waals surface area (Å²) in [5.74, 6) is 0.750. The van der Waals surface area contributed by atoms with Gasteiger partial charge in [0.25, 0.3) is 0 Å². The van der Waals surface area contributed by atoms with Crippen molar-refractivity contribution in [1.29, 1.82) is 0 Å². The highest BCUT2D eigenvalue weighted by molar-refractivity contribution is 5.97. The Morgan fingerprint density at radius 2 is 2.24 bits per heavy atom. The van der Waals surface area contributed by atoms with E-state index in [4.69, 9.17) is 19.9 Å². The summed E-state index contributed by atoms with van der Waals surface area (Å²) in [7, 11) is 3.20. The minimum Gasteiger partial charge on any atom is -0.396 e. The third-order valence-corrected chi connectivity index (χ3v) is 3.87. The van der Waals surface area contributed by atoms with Gasteiger partial charge in [0.05, 0.1) is 19.3 Å². The van der Waals surface area contributed by atoms with Crippen LogP contribution in [0, 0.1) is 5.92 Å². The topological polar surface area (TPSA) is 89.5 Å². The van der Waals surface area contributed by atoms with Crippen molar-refractivity contribution in [2.75, 3.05) is 27.4 Å². The van der Waals surface area contributed by atoms with Crippen molar-refractivity contribution in [3.05, 3.63) is 24.2 Å². The van der Waals surface area contributed by atoms with Crippen LogP contribution in [0.1, 0.15) is 6.92 Å². The molecule has 7 nitrogen and oxygen atoms in total. The highest BCUT2D eigenvalue weighted by Crippen LogP contribution is 2.34. The fourth-order valence-corrected chi connectivity index (χ4v) is 2.70. The number of nitrogens with zero attached hydrogens (tertiary/aromatic N) is 2. The summed E-state index contributed by atoms with van der Waals surface area (Å²) < 4.78 is 16.7. The van der Waals surface area contributed by atoms with E-state index in [1.165, 1.54) is 0 Å². The summed E-state index contributed by atoms with van der Waals surface area (Å²) >= 11 is 0. The van der Waals surface area contributed by atoms with Crippen LogP contribution in [-0.4, -0.2) is 61.7 Å². The van der Waals surface area contributed by atoms with E-state index >= 15 is 0 Å². The molecule has 0 aromatic heterocycles. The van der Waals surface area contributed by atoms with Crippen LogP contribution in [0.25, 0.3) is 0 Å². The van der Waals surface area contributed by atoms with Crippen molar-refractivity contribution >= 4 is 5.84 Å². The third-order valence-electron chi connectivity index (χ3n) is 3.87. The molecule has 0 aromatic rings. The number of aliphatic imine (C=N–C) groups is 1. The number of hydrogen-bond donors (Lipinski definition) is 2. The molecule has 4 atom stereocenters. The number of ether oxygens (including phenoxy) is 3. The number of nitrogens with two attached hydrogens (primary N) is 1. The van der Waals surface area contributed by atoms with Gasteiger partial charge in [0.15, 0.2) is 6.23 Å². The summed E-state index contributed by atoms with van der Waals surface area (Å²) in [6.45, 7) is 6.11. The SMILES string of the molecule is C=C1N=C(N)C(C)=CN1[C@@H]1O[C@H](COC)C(CO)[C@@H]1OC. The second-order valence-corrected chi connectivity index (χ2v) is 5.20. The lowest BCUT2D eigenvalue weighted by atomic mass is 9.99. The Morgan fingerprint density at radius 1 is 1.52 bits per heavy atom. The molecule has 1 fully saturated rings. The average Bonchev–Trinajstić information content (AvgIpc) is 2.80. The third kappa shape index (κ3) is 2.96. The van der Waals surface area contributed by atoms with Crippen LogP contribution in [-0.2, 0) is 14.2 Å². The van der Waals surface area contributed by atoms with E-state index in [9.17, 15) is 5.11 Å². The molecule has 2 heterocycles. The van der Waals surface area contributed by atoms with Crippen LogP contribution >= 0.6 is 0 Å². The molecule has 0 spiro atoms. The Labute approximate surface area is 124 Å². The Morgan fingerprint density at radius 3 is 2.81 bits per heavy atom. The standard InChI is InChI=1S/C14H23N3O4/c1-8-5-17(9(2)16-13(8)15)14-12(20-4)10(6-18)11(21-14)7-19-3/h5,10-12,14,18H,2,6-7H2,1,3-4H3,(H2,15,16)/t10?,11-,12+,14-/m1/s1. The molecule has 21 heavy (non-hydrogen) atoms. The Balaban J connectivity index is 2.24. The molecule has 0 saturated carbocycles. The van der Waals surface area contributed by atoms with Crippen LogP contribution < -0.4 is 5.73 Å². The van der Waals surface area contributed by atoms with Crippen LogP contribution in [0.15, 0.2) is 29.2 Å². The molecule has 3 N–H and O–H groups in total. The Kier molecular flexibility index (Phi) is 5.00. The zero-order valence-electron chi connectivity index (χ0n) is 12.7. The normalized spacial score (nSPS) is 33.1. The molecule has 2 rings (SSSR count). The average molecular weight is 297 g/mol.